The van der Waals surface area contributed by atoms with Gasteiger partial charge < -0.3 is 4.74 Å². The van der Waals surface area contributed by atoms with E-state index in [1.807, 2.05) is 22.6 Å². The molecule has 1 heterocycles. The van der Waals surface area contributed by atoms with Crippen molar-refractivity contribution in [2.75, 3.05) is 7.11 Å². The SMILES string of the molecule is COc1c(Cl)ncc(Cl)c1I. The summed E-state index contributed by atoms with van der Waals surface area (Å²) in [5.74, 6) is 0.528. The van der Waals surface area contributed by atoms with Crippen molar-refractivity contribution in [3.63, 3.8) is 0 Å². The van der Waals surface area contributed by atoms with Crippen LogP contribution in [0.15, 0.2) is 6.20 Å². The molecule has 0 radical (unpaired) electrons. The maximum absolute atomic E-state index is 5.76. The van der Waals surface area contributed by atoms with Crippen LogP contribution in [0.1, 0.15) is 0 Å². The van der Waals surface area contributed by atoms with Crippen LogP contribution in [-0.4, -0.2) is 12.1 Å². The number of rotatable bonds is 1. The first-order valence-corrected chi connectivity index (χ1v) is 4.53. The van der Waals surface area contributed by atoms with Crippen molar-refractivity contribution >= 4 is 45.8 Å². The van der Waals surface area contributed by atoms with Crippen molar-refractivity contribution in [2.24, 2.45) is 0 Å². The van der Waals surface area contributed by atoms with Gasteiger partial charge in [0.25, 0.3) is 0 Å². The van der Waals surface area contributed by atoms with Crippen LogP contribution in [0.3, 0.4) is 0 Å². The summed E-state index contributed by atoms with van der Waals surface area (Å²) < 4.78 is 5.75. The number of nitrogens with zero attached hydrogens (tertiary/aromatic N) is 1. The van der Waals surface area contributed by atoms with E-state index in [1.54, 1.807) is 0 Å². The molecule has 1 rings (SSSR count). The van der Waals surface area contributed by atoms with Crippen molar-refractivity contribution in [1.29, 1.82) is 0 Å². The van der Waals surface area contributed by atoms with Crippen molar-refractivity contribution in [2.45, 2.75) is 0 Å². The second-order valence-electron chi connectivity index (χ2n) is 1.74. The lowest BCUT2D eigenvalue weighted by Gasteiger charge is -2.04. The Hall–Kier alpha value is 0.260. The number of methoxy groups -OCH3 is 1. The quantitative estimate of drug-likeness (QED) is 0.588. The number of hydrogen-bond donors (Lipinski definition) is 0. The van der Waals surface area contributed by atoms with Crippen LogP contribution in [-0.2, 0) is 0 Å². The van der Waals surface area contributed by atoms with Crippen LogP contribution >= 0.6 is 45.8 Å². The number of aromatic nitrogens is 1. The topological polar surface area (TPSA) is 22.1 Å². The lowest BCUT2D eigenvalue weighted by molar-refractivity contribution is 0.410. The molecular formula is C6H4Cl2INO. The van der Waals surface area contributed by atoms with Gasteiger partial charge in [0.05, 0.1) is 15.7 Å². The maximum atomic E-state index is 5.76. The van der Waals surface area contributed by atoms with Gasteiger partial charge in [0.15, 0.2) is 10.9 Å². The second-order valence-corrected chi connectivity index (χ2v) is 3.59. The van der Waals surface area contributed by atoms with Gasteiger partial charge in [0.1, 0.15) is 0 Å². The van der Waals surface area contributed by atoms with Gasteiger partial charge >= 0.3 is 0 Å². The van der Waals surface area contributed by atoms with Gasteiger partial charge in [-0.15, -0.1) is 0 Å². The first kappa shape index (κ1) is 9.35. The molecule has 1 aromatic rings. The number of pyridine rings is 1. The standard InChI is InChI=1S/C6H4Cl2INO/c1-11-5-4(9)3(7)2-10-6(5)8/h2H,1H3. The van der Waals surface area contributed by atoms with E-state index in [4.69, 9.17) is 27.9 Å². The Morgan fingerprint density at radius 1 is 1.55 bits per heavy atom. The van der Waals surface area contributed by atoms with Crippen LogP contribution < -0.4 is 4.74 Å². The molecular weight excluding hydrogens is 300 g/mol. The summed E-state index contributed by atoms with van der Waals surface area (Å²) >= 11 is 13.5. The zero-order chi connectivity index (χ0) is 8.43. The fraction of sp³-hybridized carbons (Fsp3) is 0.167. The smallest absolute Gasteiger partial charge is 0.172 e. The average molecular weight is 304 g/mol. The highest BCUT2D eigenvalue weighted by Crippen LogP contribution is 2.32. The minimum Gasteiger partial charge on any atom is -0.492 e. The van der Waals surface area contributed by atoms with Gasteiger partial charge in [-0.25, -0.2) is 4.98 Å². The third-order valence-corrected chi connectivity index (χ3v) is 3.04. The fourth-order valence-corrected chi connectivity index (χ4v) is 1.73. The van der Waals surface area contributed by atoms with Crippen molar-refractivity contribution in [1.82, 2.24) is 4.98 Å². The Labute approximate surface area is 88.0 Å². The van der Waals surface area contributed by atoms with Gasteiger partial charge in [0.2, 0.25) is 0 Å². The third kappa shape index (κ3) is 1.89. The summed E-state index contributed by atoms with van der Waals surface area (Å²) in [7, 11) is 1.53. The highest BCUT2D eigenvalue weighted by atomic mass is 127. The Bertz CT molecular complexity index is 280. The molecule has 0 aliphatic rings. The summed E-state index contributed by atoms with van der Waals surface area (Å²) in [5.41, 5.74) is 0. The molecule has 0 saturated carbocycles. The van der Waals surface area contributed by atoms with Gasteiger partial charge in [-0.2, -0.15) is 0 Å². The Morgan fingerprint density at radius 2 is 2.18 bits per heavy atom. The largest absolute Gasteiger partial charge is 0.492 e. The minimum atomic E-state index is 0.335. The first-order valence-electron chi connectivity index (χ1n) is 2.70. The number of ether oxygens (including phenoxy) is 1. The molecule has 0 spiro atoms. The number of hydrogen-bond acceptors (Lipinski definition) is 2. The fourth-order valence-electron chi connectivity index (χ4n) is 0.601. The summed E-state index contributed by atoms with van der Waals surface area (Å²) in [6.07, 6.45) is 1.49. The normalized spacial score (nSPS) is 9.82. The van der Waals surface area contributed by atoms with Gasteiger partial charge in [0, 0.05) is 6.20 Å². The van der Waals surface area contributed by atoms with Crippen LogP contribution in [0.4, 0.5) is 0 Å². The molecule has 60 valence electrons. The molecule has 1 aromatic heterocycles. The van der Waals surface area contributed by atoms with E-state index in [-0.39, 0.29) is 0 Å². The molecule has 0 fully saturated rings. The van der Waals surface area contributed by atoms with Gasteiger partial charge in [-0.05, 0) is 22.6 Å². The summed E-state index contributed by atoms with van der Waals surface area (Å²) in [5, 5.41) is 0.883. The van der Waals surface area contributed by atoms with Crippen LogP contribution in [0.2, 0.25) is 10.2 Å². The van der Waals surface area contributed by atoms with Crippen LogP contribution in [0.25, 0.3) is 0 Å². The Kier molecular flexibility index (Phi) is 3.21. The molecule has 0 bridgehead atoms. The van der Waals surface area contributed by atoms with Crippen molar-refractivity contribution in [3.8, 4) is 5.75 Å². The van der Waals surface area contributed by atoms with Crippen LogP contribution in [0, 0.1) is 3.57 Å². The molecule has 5 heteroatoms. The molecule has 0 atom stereocenters. The van der Waals surface area contributed by atoms with E-state index < -0.39 is 0 Å². The summed E-state index contributed by atoms with van der Waals surface area (Å²) in [6.45, 7) is 0. The van der Waals surface area contributed by atoms with E-state index in [0.717, 1.165) is 3.57 Å². The molecule has 2 nitrogen and oxygen atoms in total. The highest BCUT2D eigenvalue weighted by Gasteiger charge is 2.09. The molecule has 0 unspecified atom stereocenters. The number of halogens is 3. The molecule has 0 N–H and O–H groups in total. The lowest BCUT2D eigenvalue weighted by atomic mass is 10.5. The predicted molar refractivity (Wildman–Crippen MR) is 53.5 cm³/mol. The summed E-state index contributed by atoms with van der Waals surface area (Å²) in [6, 6.07) is 0. The van der Waals surface area contributed by atoms with E-state index in [9.17, 15) is 0 Å². The van der Waals surface area contributed by atoms with E-state index >= 15 is 0 Å². The molecule has 0 aromatic carbocycles. The second kappa shape index (κ2) is 3.78. The lowest BCUT2D eigenvalue weighted by Crippen LogP contribution is -1.90. The van der Waals surface area contributed by atoms with Crippen molar-refractivity contribution in [3.05, 3.63) is 19.9 Å². The highest BCUT2D eigenvalue weighted by molar-refractivity contribution is 14.1. The zero-order valence-electron chi connectivity index (χ0n) is 5.57. The maximum Gasteiger partial charge on any atom is 0.172 e. The monoisotopic (exact) mass is 303 g/mol. The molecule has 0 amide bonds. The summed E-state index contributed by atoms with van der Waals surface area (Å²) in [4.78, 5) is 3.81. The predicted octanol–water partition coefficient (Wildman–Crippen LogP) is 3.00. The van der Waals surface area contributed by atoms with E-state index in [1.165, 1.54) is 13.3 Å². The van der Waals surface area contributed by atoms with Crippen LogP contribution in [0.5, 0.6) is 5.75 Å². The Balaban J connectivity index is 3.29. The van der Waals surface area contributed by atoms with Crippen molar-refractivity contribution < 1.29 is 4.74 Å². The van der Waals surface area contributed by atoms with Gasteiger partial charge in [-0.3, -0.25) is 0 Å². The van der Waals surface area contributed by atoms with E-state index in [2.05, 4.69) is 4.98 Å². The minimum absolute atomic E-state index is 0.335. The average Bonchev–Trinajstić information content (AvgIpc) is 1.99. The third-order valence-electron chi connectivity index (χ3n) is 1.09. The first-order chi connectivity index (χ1) is 5.16. The van der Waals surface area contributed by atoms with E-state index in [0.29, 0.717) is 15.9 Å². The molecule has 11 heavy (non-hydrogen) atoms. The molecule has 0 saturated heterocycles. The molecule has 0 aliphatic heterocycles. The van der Waals surface area contributed by atoms with Gasteiger partial charge in [-0.1, -0.05) is 23.2 Å². The Morgan fingerprint density at radius 3 is 2.64 bits per heavy atom. The molecule has 0 aliphatic carbocycles. The zero-order valence-corrected chi connectivity index (χ0v) is 9.24.